The van der Waals surface area contributed by atoms with Crippen LogP contribution < -0.4 is 0 Å². The second-order valence-corrected chi connectivity index (χ2v) is 4.98. The predicted molar refractivity (Wildman–Crippen MR) is 80.3 cm³/mol. The maximum Gasteiger partial charge on any atom is 0.0705 e. The number of hydrogen-bond donors (Lipinski definition) is 0. The molecule has 19 heavy (non-hydrogen) atoms. The number of aryl methyl sites for hydroxylation is 3. The molecule has 0 aliphatic carbocycles. The summed E-state index contributed by atoms with van der Waals surface area (Å²) in [6, 6.07) is 21.3. The van der Waals surface area contributed by atoms with Crippen LogP contribution in [0.1, 0.15) is 16.8 Å². The normalized spacial score (nSPS) is 10.8. The van der Waals surface area contributed by atoms with Gasteiger partial charge in [0.2, 0.25) is 0 Å². The number of pyridine rings is 1. The quantitative estimate of drug-likeness (QED) is 0.671. The summed E-state index contributed by atoms with van der Waals surface area (Å²) in [4.78, 5) is 4.73. The van der Waals surface area contributed by atoms with E-state index in [1.54, 1.807) is 0 Å². The number of hydrogen-bond acceptors (Lipinski definition) is 1. The molecule has 0 amide bonds. The van der Waals surface area contributed by atoms with Crippen molar-refractivity contribution in [3.8, 4) is 0 Å². The van der Waals surface area contributed by atoms with Crippen molar-refractivity contribution in [1.82, 2.24) is 4.98 Å². The van der Waals surface area contributed by atoms with Gasteiger partial charge in [-0.15, -0.1) is 0 Å². The number of aromatic nitrogens is 1. The number of fused-ring (bicyclic) bond motifs is 1. The molecule has 0 aliphatic heterocycles. The van der Waals surface area contributed by atoms with Crippen LogP contribution in [0.5, 0.6) is 0 Å². The van der Waals surface area contributed by atoms with Gasteiger partial charge in [0.15, 0.2) is 0 Å². The van der Waals surface area contributed by atoms with Gasteiger partial charge in [0.1, 0.15) is 0 Å². The SMILES string of the molecule is Cc1ccc2nc(CCc3ccccc3)ccc2c1. The molecule has 3 rings (SSSR count). The average molecular weight is 247 g/mol. The van der Waals surface area contributed by atoms with Crippen LogP contribution in [0.15, 0.2) is 60.7 Å². The molecule has 1 aromatic heterocycles. The summed E-state index contributed by atoms with van der Waals surface area (Å²) in [6.45, 7) is 2.11. The van der Waals surface area contributed by atoms with Gasteiger partial charge in [0.05, 0.1) is 5.52 Å². The summed E-state index contributed by atoms with van der Waals surface area (Å²) in [5.41, 5.74) is 4.91. The molecule has 3 aromatic rings. The highest BCUT2D eigenvalue weighted by Crippen LogP contribution is 2.15. The Bertz CT molecular complexity index is 686. The van der Waals surface area contributed by atoms with Gasteiger partial charge in [0, 0.05) is 11.1 Å². The van der Waals surface area contributed by atoms with Gasteiger partial charge in [0.25, 0.3) is 0 Å². The van der Waals surface area contributed by atoms with E-state index < -0.39 is 0 Å². The molecule has 0 aliphatic rings. The fourth-order valence-corrected chi connectivity index (χ4v) is 2.34. The Morgan fingerprint density at radius 3 is 2.53 bits per heavy atom. The van der Waals surface area contributed by atoms with Crippen LogP contribution in [0.3, 0.4) is 0 Å². The highest BCUT2D eigenvalue weighted by atomic mass is 14.7. The van der Waals surface area contributed by atoms with E-state index in [0.29, 0.717) is 0 Å². The van der Waals surface area contributed by atoms with Crippen LogP contribution in [-0.2, 0) is 12.8 Å². The first-order chi connectivity index (χ1) is 9.31. The maximum atomic E-state index is 4.73. The molecular weight excluding hydrogens is 230 g/mol. The third-order valence-electron chi connectivity index (χ3n) is 3.42. The Morgan fingerprint density at radius 1 is 0.842 bits per heavy atom. The van der Waals surface area contributed by atoms with E-state index in [1.807, 2.05) is 0 Å². The lowest BCUT2D eigenvalue weighted by molar-refractivity contribution is 0.922. The summed E-state index contributed by atoms with van der Waals surface area (Å²) in [7, 11) is 0. The molecule has 1 heteroatoms. The van der Waals surface area contributed by atoms with E-state index in [4.69, 9.17) is 4.98 Å². The van der Waals surface area contributed by atoms with Gasteiger partial charge in [-0.1, -0.05) is 48.0 Å². The number of rotatable bonds is 3. The minimum Gasteiger partial charge on any atom is -0.253 e. The molecule has 0 saturated carbocycles. The smallest absolute Gasteiger partial charge is 0.0705 e. The van der Waals surface area contributed by atoms with E-state index in [1.165, 1.54) is 22.2 Å². The first-order valence-electron chi connectivity index (χ1n) is 6.71. The molecule has 0 N–H and O–H groups in total. The zero-order valence-corrected chi connectivity index (χ0v) is 11.1. The lowest BCUT2D eigenvalue weighted by Gasteiger charge is -2.04. The second kappa shape index (κ2) is 5.23. The minimum absolute atomic E-state index is 0.994. The maximum absolute atomic E-state index is 4.73. The standard InChI is InChI=1S/C18H17N/c1-14-7-12-18-16(13-14)9-11-17(19-18)10-8-15-5-3-2-4-6-15/h2-7,9,11-13H,8,10H2,1H3. The van der Waals surface area contributed by atoms with Crippen LogP contribution in [-0.4, -0.2) is 4.98 Å². The molecule has 0 atom stereocenters. The Kier molecular flexibility index (Phi) is 3.28. The van der Waals surface area contributed by atoms with Crippen LogP contribution in [0.2, 0.25) is 0 Å². The third-order valence-corrected chi connectivity index (χ3v) is 3.42. The van der Waals surface area contributed by atoms with Crippen LogP contribution >= 0.6 is 0 Å². The van der Waals surface area contributed by atoms with Crippen molar-refractivity contribution >= 4 is 10.9 Å². The van der Waals surface area contributed by atoms with E-state index in [9.17, 15) is 0 Å². The Labute approximate surface area is 113 Å². The molecule has 0 radical (unpaired) electrons. The molecular formula is C18H17N. The van der Waals surface area contributed by atoms with E-state index in [0.717, 1.165) is 18.4 Å². The largest absolute Gasteiger partial charge is 0.253 e. The fourth-order valence-electron chi connectivity index (χ4n) is 2.34. The molecule has 0 fully saturated rings. The number of nitrogens with zero attached hydrogens (tertiary/aromatic N) is 1. The summed E-state index contributed by atoms with van der Waals surface area (Å²) in [5, 5.41) is 1.23. The van der Waals surface area contributed by atoms with E-state index in [2.05, 4.69) is 67.6 Å². The van der Waals surface area contributed by atoms with Crippen LogP contribution in [0.25, 0.3) is 10.9 Å². The minimum atomic E-state index is 0.994. The molecule has 1 nitrogen and oxygen atoms in total. The highest BCUT2D eigenvalue weighted by molar-refractivity contribution is 5.79. The molecule has 0 saturated heterocycles. The van der Waals surface area contributed by atoms with Gasteiger partial charge in [-0.2, -0.15) is 0 Å². The van der Waals surface area contributed by atoms with Crippen molar-refractivity contribution in [2.75, 3.05) is 0 Å². The van der Waals surface area contributed by atoms with Gasteiger partial charge in [-0.05, 0) is 43.5 Å². The zero-order valence-electron chi connectivity index (χ0n) is 11.1. The Balaban J connectivity index is 1.80. The molecule has 0 bridgehead atoms. The summed E-state index contributed by atoms with van der Waals surface area (Å²) in [5.74, 6) is 0. The first kappa shape index (κ1) is 11.9. The van der Waals surface area contributed by atoms with Crippen molar-refractivity contribution < 1.29 is 0 Å². The lowest BCUT2D eigenvalue weighted by Crippen LogP contribution is -1.94. The van der Waals surface area contributed by atoms with E-state index in [-0.39, 0.29) is 0 Å². The predicted octanol–water partition coefficient (Wildman–Crippen LogP) is 4.33. The van der Waals surface area contributed by atoms with Crippen molar-refractivity contribution in [3.63, 3.8) is 0 Å². The average Bonchev–Trinajstić information content (AvgIpc) is 2.46. The van der Waals surface area contributed by atoms with Gasteiger partial charge >= 0.3 is 0 Å². The van der Waals surface area contributed by atoms with Crippen LogP contribution in [0.4, 0.5) is 0 Å². The molecule has 94 valence electrons. The van der Waals surface area contributed by atoms with Gasteiger partial charge in [-0.3, -0.25) is 4.98 Å². The van der Waals surface area contributed by atoms with Crippen molar-refractivity contribution in [2.24, 2.45) is 0 Å². The highest BCUT2D eigenvalue weighted by Gasteiger charge is 2.00. The molecule has 1 heterocycles. The molecule has 2 aromatic carbocycles. The first-order valence-corrected chi connectivity index (χ1v) is 6.71. The van der Waals surface area contributed by atoms with Crippen molar-refractivity contribution in [1.29, 1.82) is 0 Å². The summed E-state index contributed by atoms with van der Waals surface area (Å²) < 4.78 is 0. The van der Waals surface area contributed by atoms with Crippen molar-refractivity contribution in [3.05, 3.63) is 77.5 Å². The molecule has 0 unspecified atom stereocenters. The fraction of sp³-hybridized carbons (Fsp3) is 0.167. The van der Waals surface area contributed by atoms with Crippen molar-refractivity contribution in [2.45, 2.75) is 19.8 Å². The Morgan fingerprint density at radius 2 is 1.68 bits per heavy atom. The molecule has 0 spiro atoms. The third kappa shape index (κ3) is 2.82. The monoisotopic (exact) mass is 247 g/mol. The topological polar surface area (TPSA) is 12.9 Å². The number of benzene rings is 2. The van der Waals surface area contributed by atoms with Gasteiger partial charge < -0.3 is 0 Å². The Hall–Kier alpha value is -2.15. The van der Waals surface area contributed by atoms with Gasteiger partial charge in [-0.25, -0.2) is 0 Å². The summed E-state index contributed by atoms with van der Waals surface area (Å²) in [6.07, 6.45) is 2.04. The van der Waals surface area contributed by atoms with E-state index >= 15 is 0 Å². The zero-order chi connectivity index (χ0) is 13.1. The lowest BCUT2D eigenvalue weighted by atomic mass is 10.1. The van der Waals surface area contributed by atoms with Crippen LogP contribution in [0, 0.1) is 6.92 Å². The second-order valence-electron chi connectivity index (χ2n) is 4.98. The summed E-state index contributed by atoms with van der Waals surface area (Å²) >= 11 is 0.